The molecule has 0 N–H and O–H groups in total. The van der Waals surface area contributed by atoms with Gasteiger partial charge in [-0.25, -0.2) is 0 Å². The Labute approximate surface area is 223 Å². The second kappa shape index (κ2) is 12.4. The molecule has 3 aromatic rings. The molecule has 0 saturated heterocycles. The lowest BCUT2D eigenvalue weighted by Gasteiger charge is -2.37. The summed E-state index contributed by atoms with van der Waals surface area (Å²) in [4.78, 5) is 31.9. The summed E-state index contributed by atoms with van der Waals surface area (Å²) in [5, 5.41) is 2.08. The van der Waals surface area contributed by atoms with Crippen LogP contribution in [-0.2, 0) is 16.0 Å². The smallest absolute Gasteiger partial charge is 0.254 e. The third-order valence-electron chi connectivity index (χ3n) is 6.92. The predicted molar refractivity (Wildman–Crippen MR) is 147 cm³/mol. The van der Waals surface area contributed by atoms with Crippen molar-refractivity contribution in [1.29, 1.82) is 0 Å². The molecular weight excluding hydrogens is 484 g/mol. The highest BCUT2D eigenvalue weighted by molar-refractivity contribution is 7.10. The molecule has 0 bridgehead atoms. The predicted octanol–water partition coefficient (Wildman–Crippen LogP) is 5.47. The highest BCUT2D eigenvalue weighted by Crippen LogP contribution is 2.34. The van der Waals surface area contributed by atoms with Gasteiger partial charge in [0.05, 0.1) is 12.6 Å². The standard InChI is InChI=1S/C30H36N2O4S/c1-21(2)23-9-11-24(12-10-23)36-20-27-26-14-18-37-28(26)13-15-32(27)29(33)19-31(16-17-35-4)30(34)25-8-6-5-7-22(25)3/h5-12,14,18,21,27H,13,15-17,19-20H2,1-4H3/t27-/m0/s1. The number of hydrogen-bond acceptors (Lipinski definition) is 5. The lowest BCUT2D eigenvalue weighted by atomic mass is 10.00. The summed E-state index contributed by atoms with van der Waals surface area (Å²) in [5.74, 6) is 1.00. The molecule has 6 nitrogen and oxygen atoms in total. The summed E-state index contributed by atoms with van der Waals surface area (Å²) in [6, 6.07) is 17.5. The van der Waals surface area contributed by atoms with Gasteiger partial charge in [0.25, 0.3) is 5.91 Å². The van der Waals surface area contributed by atoms with Crippen LogP contribution in [0.5, 0.6) is 5.75 Å². The van der Waals surface area contributed by atoms with Crippen molar-refractivity contribution in [2.75, 3.05) is 40.0 Å². The number of hydrogen-bond donors (Lipinski definition) is 0. The van der Waals surface area contributed by atoms with Gasteiger partial charge < -0.3 is 19.3 Å². The van der Waals surface area contributed by atoms with Crippen LogP contribution in [0.25, 0.3) is 0 Å². The van der Waals surface area contributed by atoms with Crippen LogP contribution in [0.1, 0.15) is 57.7 Å². The van der Waals surface area contributed by atoms with Gasteiger partial charge in [-0.3, -0.25) is 9.59 Å². The Morgan fingerprint density at radius 2 is 1.86 bits per heavy atom. The van der Waals surface area contributed by atoms with Crippen molar-refractivity contribution in [3.05, 3.63) is 87.1 Å². The minimum atomic E-state index is -0.204. The van der Waals surface area contributed by atoms with E-state index in [0.29, 0.717) is 37.8 Å². The van der Waals surface area contributed by atoms with Crippen LogP contribution in [0.2, 0.25) is 0 Å². The molecule has 1 aliphatic rings. The monoisotopic (exact) mass is 520 g/mol. The van der Waals surface area contributed by atoms with Gasteiger partial charge in [-0.15, -0.1) is 11.3 Å². The fourth-order valence-corrected chi connectivity index (χ4v) is 5.62. The van der Waals surface area contributed by atoms with Crippen molar-refractivity contribution in [2.24, 2.45) is 0 Å². The van der Waals surface area contributed by atoms with Gasteiger partial charge in [0, 0.05) is 30.6 Å². The van der Waals surface area contributed by atoms with Crippen LogP contribution in [0.15, 0.2) is 60.0 Å². The molecule has 1 aromatic heterocycles. The number of amides is 2. The number of thiophene rings is 1. The first-order valence-electron chi connectivity index (χ1n) is 12.8. The van der Waals surface area contributed by atoms with Crippen LogP contribution >= 0.6 is 11.3 Å². The first kappa shape index (κ1) is 26.9. The van der Waals surface area contributed by atoms with Gasteiger partial charge in [-0.05, 0) is 65.6 Å². The second-order valence-electron chi connectivity index (χ2n) is 9.72. The van der Waals surface area contributed by atoms with Crippen molar-refractivity contribution < 1.29 is 19.1 Å². The Morgan fingerprint density at radius 1 is 1.11 bits per heavy atom. The number of benzene rings is 2. The number of rotatable bonds is 10. The minimum Gasteiger partial charge on any atom is -0.491 e. The van der Waals surface area contributed by atoms with E-state index in [1.807, 2.05) is 48.2 Å². The molecule has 7 heteroatoms. The van der Waals surface area contributed by atoms with Crippen molar-refractivity contribution in [3.8, 4) is 5.75 Å². The maximum Gasteiger partial charge on any atom is 0.254 e. The van der Waals surface area contributed by atoms with Gasteiger partial charge in [0.1, 0.15) is 18.9 Å². The maximum absolute atomic E-state index is 13.7. The van der Waals surface area contributed by atoms with Crippen molar-refractivity contribution in [1.82, 2.24) is 9.80 Å². The van der Waals surface area contributed by atoms with Crippen LogP contribution < -0.4 is 4.74 Å². The molecule has 4 rings (SSSR count). The van der Waals surface area contributed by atoms with Crippen LogP contribution in [0.4, 0.5) is 0 Å². The average molecular weight is 521 g/mol. The topological polar surface area (TPSA) is 59.1 Å². The number of carbonyl (C=O) groups is 2. The molecule has 0 saturated carbocycles. The van der Waals surface area contributed by atoms with Crippen LogP contribution in [0, 0.1) is 6.92 Å². The molecule has 0 spiro atoms. The number of carbonyl (C=O) groups excluding carboxylic acids is 2. The highest BCUT2D eigenvalue weighted by Gasteiger charge is 2.33. The summed E-state index contributed by atoms with van der Waals surface area (Å²) in [6.07, 6.45) is 0.808. The summed E-state index contributed by atoms with van der Waals surface area (Å²) < 4.78 is 11.4. The van der Waals surface area contributed by atoms with E-state index in [9.17, 15) is 9.59 Å². The fourth-order valence-electron chi connectivity index (χ4n) is 4.69. The molecular formula is C30H36N2O4S. The number of fused-ring (bicyclic) bond motifs is 1. The third-order valence-corrected chi connectivity index (χ3v) is 7.92. The molecule has 2 heterocycles. The summed E-state index contributed by atoms with van der Waals surface area (Å²) in [6.45, 7) is 7.90. The third kappa shape index (κ3) is 6.40. The maximum atomic E-state index is 13.7. The summed E-state index contributed by atoms with van der Waals surface area (Å²) in [5.41, 5.74) is 3.89. The van der Waals surface area contributed by atoms with Crippen molar-refractivity contribution in [2.45, 2.75) is 39.2 Å². The van der Waals surface area contributed by atoms with Gasteiger partial charge in [-0.1, -0.05) is 44.2 Å². The average Bonchev–Trinajstić information content (AvgIpc) is 3.39. The lowest BCUT2D eigenvalue weighted by molar-refractivity contribution is -0.135. The van der Waals surface area contributed by atoms with Crippen LogP contribution in [-0.4, -0.2) is 61.6 Å². The molecule has 1 aliphatic heterocycles. The fraction of sp³-hybridized carbons (Fsp3) is 0.400. The van der Waals surface area contributed by atoms with Gasteiger partial charge in [0.2, 0.25) is 5.91 Å². The molecule has 0 unspecified atom stereocenters. The van der Waals surface area contributed by atoms with E-state index >= 15 is 0 Å². The minimum absolute atomic E-state index is 0.00438. The SMILES string of the molecule is COCCN(CC(=O)N1CCc2sccc2[C@@H]1COc1ccc(C(C)C)cc1)C(=O)c1ccccc1C. The van der Waals surface area contributed by atoms with E-state index in [1.165, 1.54) is 10.4 Å². The zero-order valence-electron chi connectivity index (χ0n) is 22.1. The molecule has 2 aromatic carbocycles. The Bertz CT molecular complexity index is 1200. The zero-order valence-corrected chi connectivity index (χ0v) is 22.9. The molecule has 37 heavy (non-hydrogen) atoms. The van der Waals surface area contributed by atoms with E-state index in [0.717, 1.165) is 23.3 Å². The van der Waals surface area contributed by atoms with Crippen molar-refractivity contribution >= 4 is 23.2 Å². The largest absolute Gasteiger partial charge is 0.491 e. The van der Waals surface area contributed by atoms with Crippen LogP contribution in [0.3, 0.4) is 0 Å². The van der Waals surface area contributed by atoms with E-state index in [4.69, 9.17) is 9.47 Å². The number of aryl methyl sites for hydroxylation is 1. The van der Waals surface area contributed by atoms with E-state index < -0.39 is 0 Å². The molecule has 0 radical (unpaired) electrons. The first-order valence-corrected chi connectivity index (χ1v) is 13.7. The van der Waals surface area contributed by atoms with Crippen molar-refractivity contribution in [3.63, 3.8) is 0 Å². The molecule has 0 fully saturated rings. The number of ether oxygens (including phenoxy) is 2. The van der Waals surface area contributed by atoms with E-state index in [2.05, 4.69) is 37.4 Å². The van der Waals surface area contributed by atoms with E-state index in [-0.39, 0.29) is 24.4 Å². The summed E-state index contributed by atoms with van der Waals surface area (Å²) >= 11 is 1.72. The Hall–Kier alpha value is -3.16. The molecule has 2 amide bonds. The summed E-state index contributed by atoms with van der Waals surface area (Å²) in [7, 11) is 1.60. The Kier molecular flexibility index (Phi) is 9.00. The lowest BCUT2D eigenvalue weighted by Crippen LogP contribution is -2.48. The number of nitrogens with zero attached hydrogens (tertiary/aromatic N) is 2. The number of methoxy groups -OCH3 is 1. The second-order valence-corrected chi connectivity index (χ2v) is 10.7. The molecule has 0 aliphatic carbocycles. The highest BCUT2D eigenvalue weighted by atomic mass is 32.1. The quantitative estimate of drug-likeness (QED) is 0.356. The normalized spacial score (nSPS) is 14.9. The Balaban J connectivity index is 1.51. The Morgan fingerprint density at radius 3 is 2.57 bits per heavy atom. The molecule has 1 atom stereocenters. The van der Waals surface area contributed by atoms with Gasteiger partial charge >= 0.3 is 0 Å². The van der Waals surface area contributed by atoms with Gasteiger partial charge in [-0.2, -0.15) is 0 Å². The first-order chi connectivity index (χ1) is 17.9. The van der Waals surface area contributed by atoms with E-state index in [1.54, 1.807) is 23.3 Å². The zero-order chi connectivity index (χ0) is 26.4. The molecule has 196 valence electrons. The van der Waals surface area contributed by atoms with Gasteiger partial charge in [0.15, 0.2) is 0 Å².